The van der Waals surface area contributed by atoms with Crippen LogP contribution < -0.4 is 0 Å². The minimum Gasteiger partial charge on any atom is -0.459 e. The van der Waals surface area contributed by atoms with Crippen molar-refractivity contribution >= 4 is 11.8 Å². The van der Waals surface area contributed by atoms with E-state index in [1.54, 1.807) is 25.1 Å². The summed E-state index contributed by atoms with van der Waals surface area (Å²) in [6.45, 7) is 1.80. The number of ether oxygens (including phenoxy) is 1. The fourth-order valence-electron chi connectivity index (χ4n) is 5.01. The first kappa shape index (κ1) is 22.6. The van der Waals surface area contributed by atoms with Gasteiger partial charge < -0.3 is 4.74 Å². The molecule has 2 fully saturated rings. The molecule has 0 radical (unpaired) electrons. The van der Waals surface area contributed by atoms with Crippen LogP contribution >= 0.6 is 0 Å². The summed E-state index contributed by atoms with van der Waals surface area (Å²) in [5, 5.41) is 0. The number of Topliss-reactive ketones (excluding diaryl/α,β-unsaturated/α-hetero) is 1. The fourth-order valence-corrected chi connectivity index (χ4v) is 5.01. The number of carbonyl (C=O) groups excluding carboxylic acids is 2. The Labute approximate surface area is 175 Å². The monoisotopic (exact) mass is 422 g/mol. The quantitative estimate of drug-likeness (QED) is 0.314. The topological polar surface area (TPSA) is 43.4 Å². The zero-order chi connectivity index (χ0) is 21.7. The Morgan fingerprint density at radius 1 is 0.900 bits per heavy atom. The summed E-state index contributed by atoms with van der Waals surface area (Å²) in [5.74, 6) is -0.377. The molecule has 0 spiro atoms. The van der Waals surface area contributed by atoms with E-state index in [4.69, 9.17) is 4.74 Å². The third-order valence-corrected chi connectivity index (χ3v) is 6.64. The Morgan fingerprint density at radius 2 is 1.43 bits per heavy atom. The summed E-state index contributed by atoms with van der Waals surface area (Å²) in [5.41, 5.74) is 0.721. The van der Waals surface area contributed by atoms with Crippen molar-refractivity contribution in [2.75, 3.05) is 0 Å². The predicted molar refractivity (Wildman–Crippen MR) is 108 cm³/mol. The van der Waals surface area contributed by atoms with Gasteiger partial charge in [-0.1, -0.05) is 30.3 Å². The van der Waals surface area contributed by atoms with E-state index in [9.17, 15) is 22.8 Å². The molecule has 0 N–H and O–H groups in total. The van der Waals surface area contributed by atoms with Crippen LogP contribution in [0.1, 0.15) is 80.1 Å². The van der Waals surface area contributed by atoms with Gasteiger partial charge in [-0.25, -0.2) is 4.79 Å². The molecule has 0 atom stereocenters. The fraction of sp³-hybridized carbons (Fsp3) is 0.583. The van der Waals surface area contributed by atoms with E-state index < -0.39 is 12.0 Å². The van der Waals surface area contributed by atoms with E-state index >= 15 is 0 Å². The van der Waals surface area contributed by atoms with Crippen molar-refractivity contribution in [3.8, 4) is 0 Å². The number of hydrogen-bond acceptors (Lipinski definition) is 3. The van der Waals surface area contributed by atoms with E-state index in [-0.39, 0.29) is 17.6 Å². The SMILES string of the molecule is CC=CC(=O)OC1CCC(C2CCC(c3ccc(C(=O)C(F)(F)F)cc3)CC2)CC1. The van der Waals surface area contributed by atoms with Crippen molar-refractivity contribution < 1.29 is 27.5 Å². The third-order valence-electron chi connectivity index (χ3n) is 6.64. The van der Waals surface area contributed by atoms with Gasteiger partial charge >= 0.3 is 12.1 Å². The van der Waals surface area contributed by atoms with Gasteiger partial charge in [0.1, 0.15) is 6.10 Å². The second-order valence-electron chi connectivity index (χ2n) is 8.53. The molecule has 0 aromatic heterocycles. The molecule has 2 aliphatic rings. The highest BCUT2D eigenvalue weighted by molar-refractivity contribution is 6.00. The summed E-state index contributed by atoms with van der Waals surface area (Å²) in [6, 6.07) is 5.95. The van der Waals surface area contributed by atoms with Gasteiger partial charge in [-0.3, -0.25) is 4.79 Å². The Kier molecular flexibility index (Phi) is 7.37. The van der Waals surface area contributed by atoms with Crippen LogP contribution in [0.4, 0.5) is 13.2 Å². The lowest BCUT2D eigenvalue weighted by Gasteiger charge is -2.37. The van der Waals surface area contributed by atoms with Crippen LogP contribution in [0.5, 0.6) is 0 Å². The van der Waals surface area contributed by atoms with Crippen molar-refractivity contribution in [3.05, 3.63) is 47.5 Å². The van der Waals surface area contributed by atoms with Crippen LogP contribution in [0, 0.1) is 11.8 Å². The van der Waals surface area contributed by atoms with E-state index in [2.05, 4.69) is 0 Å². The minimum absolute atomic E-state index is 0.0270. The van der Waals surface area contributed by atoms with Crippen LogP contribution in [0.25, 0.3) is 0 Å². The third kappa shape index (κ3) is 5.73. The molecule has 30 heavy (non-hydrogen) atoms. The van der Waals surface area contributed by atoms with Crippen molar-refractivity contribution in [2.45, 2.75) is 76.5 Å². The predicted octanol–water partition coefficient (Wildman–Crippen LogP) is 6.38. The smallest absolute Gasteiger partial charge is 0.454 e. The summed E-state index contributed by atoms with van der Waals surface area (Å²) in [6.07, 6.45) is 6.61. The van der Waals surface area contributed by atoms with Gasteiger partial charge in [0.15, 0.2) is 0 Å². The molecule has 0 amide bonds. The Morgan fingerprint density at radius 3 is 1.93 bits per heavy atom. The first-order valence-electron chi connectivity index (χ1n) is 10.8. The molecular weight excluding hydrogens is 393 g/mol. The highest BCUT2D eigenvalue weighted by Gasteiger charge is 2.39. The van der Waals surface area contributed by atoms with Crippen LogP contribution in [0.2, 0.25) is 0 Å². The molecule has 164 valence electrons. The van der Waals surface area contributed by atoms with E-state index in [1.807, 2.05) is 0 Å². The Balaban J connectivity index is 1.46. The zero-order valence-electron chi connectivity index (χ0n) is 17.3. The maximum absolute atomic E-state index is 12.6. The standard InChI is InChI=1S/C24H29F3O3/c1-2-3-22(28)30-21-14-12-19(13-15-21)17-6-4-16(5-7-17)18-8-10-20(11-9-18)23(29)24(25,26)27/h2-3,8-11,16-17,19,21H,4-7,12-15H2,1H3. The number of benzene rings is 1. The second-order valence-corrected chi connectivity index (χ2v) is 8.53. The number of halogens is 3. The molecule has 0 aliphatic heterocycles. The maximum atomic E-state index is 12.6. The van der Waals surface area contributed by atoms with Gasteiger partial charge in [-0.15, -0.1) is 0 Å². The van der Waals surface area contributed by atoms with Crippen LogP contribution in [-0.4, -0.2) is 24.0 Å². The molecule has 6 heteroatoms. The van der Waals surface area contributed by atoms with Gasteiger partial charge in [-0.2, -0.15) is 13.2 Å². The van der Waals surface area contributed by atoms with Crippen LogP contribution in [0.15, 0.2) is 36.4 Å². The first-order chi connectivity index (χ1) is 14.3. The highest BCUT2D eigenvalue weighted by Crippen LogP contribution is 2.43. The summed E-state index contributed by atoms with van der Waals surface area (Å²) < 4.78 is 43.1. The number of alkyl halides is 3. The second kappa shape index (κ2) is 9.80. The molecule has 1 aromatic carbocycles. The zero-order valence-corrected chi connectivity index (χ0v) is 17.3. The summed E-state index contributed by atoms with van der Waals surface area (Å²) in [7, 11) is 0. The number of hydrogen-bond donors (Lipinski definition) is 0. The van der Waals surface area contributed by atoms with Gasteiger partial charge in [-0.05, 0) is 81.6 Å². The molecule has 3 rings (SSSR count). The van der Waals surface area contributed by atoms with Gasteiger partial charge in [0, 0.05) is 11.6 Å². The van der Waals surface area contributed by atoms with Crippen LogP contribution in [0.3, 0.4) is 0 Å². The van der Waals surface area contributed by atoms with E-state index in [0.717, 1.165) is 56.9 Å². The molecule has 3 nitrogen and oxygen atoms in total. The number of rotatable bonds is 5. The largest absolute Gasteiger partial charge is 0.459 e. The number of esters is 1. The number of ketones is 1. The van der Waals surface area contributed by atoms with Gasteiger partial charge in [0.25, 0.3) is 5.78 Å². The number of allylic oxidation sites excluding steroid dienone is 1. The molecule has 0 bridgehead atoms. The highest BCUT2D eigenvalue weighted by atomic mass is 19.4. The minimum atomic E-state index is -4.83. The van der Waals surface area contributed by atoms with Crippen molar-refractivity contribution in [2.24, 2.45) is 11.8 Å². The molecule has 0 heterocycles. The molecule has 2 aliphatic carbocycles. The lowest BCUT2D eigenvalue weighted by molar-refractivity contribution is -0.145. The number of carbonyl (C=O) groups is 2. The van der Waals surface area contributed by atoms with Gasteiger partial charge in [0.2, 0.25) is 0 Å². The molecule has 0 unspecified atom stereocenters. The maximum Gasteiger partial charge on any atom is 0.454 e. The molecule has 0 saturated heterocycles. The molecule has 2 saturated carbocycles. The van der Waals surface area contributed by atoms with Crippen molar-refractivity contribution in [1.82, 2.24) is 0 Å². The average Bonchev–Trinajstić information content (AvgIpc) is 2.73. The first-order valence-corrected chi connectivity index (χ1v) is 10.8. The molecule has 1 aromatic rings. The van der Waals surface area contributed by atoms with E-state index in [1.165, 1.54) is 18.2 Å². The van der Waals surface area contributed by atoms with E-state index in [0.29, 0.717) is 17.8 Å². The average molecular weight is 422 g/mol. The summed E-state index contributed by atoms with van der Waals surface area (Å²) >= 11 is 0. The van der Waals surface area contributed by atoms with Crippen molar-refractivity contribution in [1.29, 1.82) is 0 Å². The lowest BCUT2D eigenvalue weighted by Crippen LogP contribution is -2.29. The Hall–Kier alpha value is -2.11. The molecular formula is C24H29F3O3. The van der Waals surface area contributed by atoms with Gasteiger partial charge in [0.05, 0.1) is 0 Å². The lowest BCUT2D eigenvalue weighted by atomic mass is 9.69. The normalized spacial score (nSPS) is 27.7. The Bertz CT molecular complexity index is 751. The van der Waals surface area contributed by atoms with Crippen molar-refractivity contribution in [3.63, 3.8) is 0 Å². The summed E-state index contributed by atoms with van der Waals surface area (Å²) in [4.78, 5) is 22.9. The van der Waals surface area contributed by atoms with Crippen LogP contribution in [-0.2, 0) is 9.53 Å².